The smallest absolute Gasteiger partial charge is 0.286 e. The van der Waals surface area contributed by atoms with Crippen molar-refractivity contribution in [2.75, 3.05) is 19.8 Å². The molecule has 5 aliphatic rings. The summed E-state index contributed by atoms with van der Waals surface area (Å²) in [5.74, 6) is 1.53. The number of hydrogen-bond donors (Lipinski definition) is 0. The zero-order valence-electron chi connectivity index (χ0n) is 11.3. The SMILES string of the molecule is CCCC12COC(C3CC4CCC3C4)(OC1)OC2. The fraction of sp³-hybridized carbons (Fsp3) is 1.00. The molecule has 3 atom stereocenters. The highest BCUT2D eigenvalue weighted by molar-refractivity contribution is 4.98. The molecule has 0 aromatic rings. The lowest BCUT2D eigenvalue weighted by atomic mass is 9.80. The van der Waals surface area contributed by atoms with Crippen LogP contribution in [0.1, 0.15) is 45.4 Å². The van der Waals surface area contributed by atoms with E-state index in [0.717, 1.165) is 38.1 Å². The van der Waals surface area contributed by atoms with Crippen LogP contribution in [0.3, 0.4) is 0 Å². The van der Waals surface area contributed by atoms with Crippen LogP contribution in [0.4, 0.5) is 0 Å². The second-order valence-electron chi connectivity index (χ2n) is 7.00. The summed E-state index contributed by atoms with van der Waals surface area (Å²) >= 11 is 0. The molecule has 3 heteroatoms. The predicted molar refractivity (Wildman–Crippen MR) is 66.9 cm³/mol. The Balaban J connectivity index is 1.51. The maximum Gasteiger partial charge on any atom is 0.286 e. The van der Waals surface area contributed by atoms with E-state index in [4.69, 9.17) is 14.2 Å². The van der Waals surface area contributed by atoms with Crippen LogP contribution in [0.25, 0.3) is 0 Å². The third-order valence-corrected chi connectivity index (χ3v) is 5.71. The molecular formula is C15H24O3. The molecule has 3 aliphatic heterocycles. The molecule has 5 rings (SSSR count). The monoisotopic (exact) mass is 252 g/mol. The van der Waals surface area contributed by atoms with Crippen molar-refractivity contribution < 1.29 is 14.2 Å². The van der Waals surface area contributed by atoms with Gasteiger partial charge < -0.3 is 14.2 Å². The van der Waals surface area contributed by atoms with Gasteiger partial charge in [-0.3, -0.25) is 0 Å². The van der Waals surface area contributed by atoms with Gasteiger partial charge in [-0.15, -0.1) is 0 Å². The first-order chi connectivity index (χ1) is 8.75. The molecule has 18 heavy (non-hydrogen) atoms. The summed E-state index contributed by atoms with van der Waals surface area (Å²) in [5, 5.41) is 0. The molecule has 2 saturated carbocycles. The summed E-state index contributed by atoms with van der Waals surface area (Å²) < 4.78 is 18.3. The predicted octanol–water partition coefficient (Wildman–Crippen LogP) is 2.94. The Morgan fingerprint density at radius 3 is 2.22 bits per heavy atom. The molecule has 0 radical (unpaired) electrons. The minimum atomic E-state index is -0.657. The van der Waals surface area contributed by atoms with Crippen LogP contribution in [-0.2, 0) is 14.2 Å². The van der Waals surface area contributed by atoms with Gasteiger partial charge in [-0.1, -0.05) is 19.8 Å². The Morgan fingerprint density at radius 2 is 1.72 bits per heavy atom. The van der Waals surface area contributed by atoms with E-state index >= 15 is 0 Å². The summed E-state index contributed by atoms with van der Waals surface area (Å²) in [5.41, 5.74) is 0.147. The molecule has 102 valence electrons. The van der Waals surface area contributed by atoms with Crippen molar-refractivity contribution in [2.45, 2.75) is 51.4 Å². The molecule has 0 N–H and O–H groups in total. The average molecular weight is 252 g/mol. The van der Waals surface area contributed by atoms with Gasteiger partial charge in [0.15, 0.2) is 0 Å². The van der Waals surface area contributed by atoms with Crippen LogP contribution in [0, 0.1) is 23.2 Å². The van der Waals surface area contributed by atoms with Crippen LogP contribution < -0.4 is 0 Å². The Bertz CT molecular complexity index is 316. The van der Waals surface area contributed by atoms with E-state index in [0.29, 0.717) is 5.92 Å². The van der Waals surface area contributed by atoms with Gasteiger partial charge in [-0.05, 0) is 37.5 Å². The number of hydrogen-bond acceptors (Lipinski definition) is 3. The summed E-state index contributed by atoms with van der Waals surface area (Å²) in [6, 6.07) is 0. The molecule has 0 amide bonds. The van der Waals surface area contributed by atoms with Gasteiger partial charge in [0.2, 0.25) is 0 Å². The lowest BCUT2D eigenvalue weighted by molar-refractivity contribution is -0.490. The van der Waals surface area contributed by atoms with Gasteiger partial charge in [0.1, 0.15) is 0 Å². The van der Waals surface area contributed by atoms with E-state index in [2.05, 4.69) is 6.92 Å². The van der Waals surface area contributed by atoms with Gasteiger partial charge in [-0.25, -0.2) is 0 Å². The number of fused-ring (bicyclic) bond motifs is 5. The van der Waals surface area contributed by atoms with Crippen molar-refractivity contribution >= 4 is 0 Å². The molecule has 5 fully saturated rings. The normalized spacial score (nSPS) is 54.2. The Labute approximate surface area is 109 Å². The zero-order valence-corrected chi connectivity index (χ0v) is 11.3. The van der Waals surface area contributed by atoms with Gasteiger partial charge in [0.25, 0.3) is 5.97 Å². The highest BCUT2D eigenvalue weighted by Crippen LogP contribution is 2.57. The molecule has 2 aliphatic carbocycles. The third-order valence-electron chi connectivity index (χ3n) is 5.71. The Hall–Kier alpha value is -0.120. The second-order valence-corrected chi connectivity index (χ2v) is 7.00. The van der Waals surface area contributed by atoms with Crippen molar-refractivity contribution in [3.05, 3.63) is 0 Å². The lowest BCUT2D eigenvalue weighted by Gasteiger charge is -2.55. The molecular weight excluding hydrogens is 228 g/mol. The average Bonchev–Trinajstić information content (AvgIpc) is 3.04. The summed E-state index contributed by atoms with van der Waals surface area (Å²) in [6.45, 7) is 4.75. The summed E-state index contributed by atoms with van der Waals surface area (Å²) in [4.78, 5) is 0. The van der Waals surface area contributed by atoms with Gasteiger partial charge >= 0.3 is 0 Å². The van der Waals surface area contributed by atoms with Crippen molar-refractivity contribution in [1.29, 1.82) is 0 Å². The van der Waals surface area contributed by atoms with E-state index in [-0.39, 0.29) is 5.41 Å². The lowest BCUT2D eigenvalue weighted by Crippen LogP contribution is -2.63. The van der Waals surface area contributed by atoms with Crippen LogP contribution in [0.5, 0.6) is 0 Å². The molecule has 0 aromatic carbocycles. The highest BCUT2D eigenvalue weighted by Gasteiger charge is 2.60. The number of rotatable bonds is 3. The van der Waals surface area contributed by atoms with Crippen molar-refractivity contribution in [3.8, 4) is 0 Å². The van der Waals surface area contributed by atoms with Crippen molar-refractivity contribution in [3.63, 3.8) is 0 Å². The van der Waals surface area contributed by atoms with Crippen LogP contribution in [0.2, 0.25) is 0 Å². The Kier molecular flexibility index (Phi) is 2.56. The molecule has 3 unspecified atom stereocenters. The standard InChI is InChI=1S/C15H24O3/c1-2-5-14-8-16-15(17-9-14,18-10-14)13-7-11-3-4-12(13)6-11/h11-13H,2-10H2,1H3. The molecule has 0 spiro atoms. The molecule has 3 nitrogen and oxygen atoms in total. The van der Waals surface area contributed by atoms with E-state index in [9.17, 15) is 0 Å². The van der Waals surface area contributed by atoms with Crippen molar-refractivity contribution in [1.82, 2.24) is 0 Å². The van der Waals surface area contributed by atoms with Gasteiger partial charge in [0.05, 0.1) is 19.8 Å². The first kappa shape index (κ1) is 11.7. The Morgan fingerprint density at radius 1 is 1.00 bits per heavy atom. The highest BCUT2D eigenvalue weighted by atomic mass is 16.9. The van der Waals surface area contributed by atoms with Crippen LogP contribution in [0.15, 0.2) is 0 Å². The topological polar surface area (TPSA) is 27.7 Å². The third kappa shape index (κ3) is 1.53. The fourth-order valence-electron chi connectivity index (χ4n) is 4.76. The van der Waals surface area contributed by atoms with Crippen LogP contribution in [-0.4, -0.2) is 25.8 Å². The molecule has 0 aromatic heterocycles. The van der Waals surface area contributed by atoms with E-state index < -0.39 is 5.97 Å². The summed E-state index contributed by atoms with van der Waals surface area (Å²) in [6.07, 6.45) is 7.73. The largest absolute Gasteiger partial charge is 0.326 e. The maximum atomic E-state index is 6.11. The van der Waals surface area contributed by atoms with Crippen molar-refractivity contribution in [2.24, 2.45) is 23.2 Å². The van der Waals surface area contributed by atoms with E-state index in [1.54, 1.807) is 0 Å². The zero-order chi connectivity index (χ0) is 12.2. The number of ether oxygens (including phenoxy) is 3. The minimum absolute atomic E-state index is 0.147. The first-order valence-corrected chi connectivity index (χ1v) is 7.67. The van der Waals surface area contributed by atoms with Gasteiger partial charge in [0, 0.05) is 11.3 Å². The van der Waals surface area contributed by atoms with E-state index in [1.165, 1.54) is 32.1 Å². The quantitative estimate of drug-likeness (QED) is 0.773. The summed E-state index contributed by atoms with van der Waals surface area (Å²) in [7, 11) is 0. The second kappa shape index (κ2) is 3.94. The fourth-order valence-corrected chi connectivity index (χ4v) is 4.76. The molecule has 3 heterocycles. The van der Waals surface area contributed by atoms with E-state index in [1.807, 2.05) is 0 Å². The molecule has 3 saturated heterocycles. The first-order valence-electron chi connectivity index (χ1n) is 7.67. The van der Waals surface area contributed by atoms with Gasteiger partial charge in [-0.2, -0.15) is 0 Å². The molecule has 4 bridgehead atoms. The van der Waals surface area contributed by atoms with Crippen LogP contribution >= 0.6 is 0 Å². The maximum absolute atomic E-state index is 6.11. The minimum Gasteiger partial charge on any atom is -0.326 e.